The minimum Gasteiger partial charge on any atom is -0.508 e. The van der Waals surface area contributed by atoms with Crippen molar-refractivity contribution in [3.05, 3.63) is 29.3 Å². The minimum atomic E-state index is -0.214. The predicted molar refractivity (Wildman–Crippen MR) is 84.5 cm³/mol. The SMILES string of the molecule is CCC[C@@H]1C(=O)c2c(cc3cc(O)cc(O)c3c2O)C[C@H]1C. The number of phenolic OH excluding ortho intramolecular Hbond substituents is 3. The van der Waals surface area contributed by atoms with Crippen LogP contribution in [0.4, 0.5) is 0 Å². The summed E-state index contributed by atoms with van der Waals surface area (Å²) in [5.74, 6) is -0.342. The van der Waals surface area contributed by atoms with Crippen LogP contribution in [0, 0.1) is 11.8 Å². The average molecular weight is 300 g/mol. The van der Waals surface area contributed by atoms with Crippen molar-refractivity contribution in [1.29, 1.82) is 0 Å². The Morgan fingerprint density at radius 2 is 1.91 bits per heavy atom. The molecule has 2 atom stereocenters. The third-order valence-corrected chi connectivity index (χ3v) is 4.67. The van der Waals surface area contributed by atoms with E-state index in [1.807, 2.05) is 6.92 Å². The van der Waals surface area contributed by atoms with Gasteiger partial charge in [0, 0.05) is 12.0 Å². The lowest BCUT2D eigenvalue weighted by atomic mass is 9.73. The Morgan fingerprint density at radius 1 is 1.18 bits per heavy atom. The van der Waals surface area contributed by atoms with E-state index in [0.29, 0.717) is 17.4 Å². The monoisotopic (exact) mass is 300 g/mol. The zero-order valence-electron chi connectivity index (χ0n) is 12.8. The van der Waals surface area contributed by atoms with Crippen molar-refractivity contribution in [1.82, 2.24) is 0 Å². The van der Waals surface area contributed by atoms with Crippen LogP contribution in [0.25, 0.3) is 10.8 Å². The van der Waals surface area contributed by atoms with Crippen molar-refractivity contribution in [2.24, 2.45) is 11.8 Å². The molecule has 0 amide bonds. The van der Waals surface area contributed by atoms with Crippen molar-refractivity contribution in [3.63, 3.8) is 0 Å². The highest BCUT2D eigenvalue weighted by Gasteiger charge is 2.35. The van der Waals surface area contributed by atoms with E-state index in [1.54, 1.807) is 6.07 Å². The maximum Gasteiger partial charge on any atom is 0.170 e. The van der Waals surface area contributed by atoms with Crippen LogP contribution in [0.3, 0.4) is 0 Å². The molecule has 2 aromatic rings. The number of carbonyl (C=O) groups excluding carboxylic acids is 1. The Bertz CT molecular complexity index is 764. The summed E-state index contributed by atoms with van der Waals surface area (Å²) in [6, 6.07) is 4.45. The fourth-order valence-electron chi connectivity index (χ4n) is 3.64. The molecule has 1 aliphatic carbocycles. The number of phenols is 3. The number of benzene rings is 2. The number of Topliss-reactive ketones (excluding diaryl/α,β-unsaturated/α-hetero) is 1. The molecule has 3 N–H and O–H groups in total. The summed E-state index contributed by atoms with van der Waals surface area (Å²) in [6.07, 6.45) is 2.44. The van der Waals surface area contributed by atoms with E-state index in [2.05, 4.69) is 6.92 Å². The standard InChI is InChI=1S/C18H20O4/c1-3-4-13-9(2)5-10-6-11-7-12(19)8-14(20)15(11)18(22)16(10)17(13)21/h6-9,13,19-20,22H,3-5H2,1-2H3/t9-,13+/m1/s1. The minimum absolute atomic E-state index is 0.0394. The maximum absolute atomic E-state index is 12.8. The molecule has 0 bridgehead atoms. The quantitative estimate of drug-likeness (QED) is 0.789. The van der Waals surface area contributed by atoms with Crippen LogP contribution in [0.2, 0.25) is 0 Å². The van der Waals surface area contributed by atoms with E-state index in [9.17, 15) is 20.1 Å². The lowest BCUT2D eigenvalue weighted by Crippen LogP contribution is -2.30. The van der Waals surface area contributed by atoms with E-state index in [-0.39, 0.29) is 40.3 Å². The number of ketones is 1. The zero-order chi connectivity index (χ0) is 16.0. The van der Waals surface area contributed by atoms with Crippen LogP contribution >= 0.6 is 0 Å². The molecular weight excluding hydrogens is 280 g/mol. The smallest absolute Gasteiger partial charge is 0.170 e. The largest absolute Gasteiger partial charge is 0.508 e. The molecule has 0 aliphatic heterocycles. The van der Waals surface area contributed by atoms with E-state index in [4.69, 9.17) is 0 Å². The van der Waals surface area contributed by atoms with Crippen LogP contribution in [0.5, 0.6) is 17.2 Å². The first-order chi connectivity index (χ1) is 10.4. The molecular formula is C18H20O4. The molecule has 4 nitrogen and oxygen atoms in total. The van der Waals surface area contributed by atoms with Gasteiger partial charge in [-0.2, -0.15) is 0 Å². The summed E-state index contributed by atoms with van der Waals surface area (Å²) in [5.41, 5.74) is 1.13. The zero-order valence-corrected chi connectivity index (χ0v) is 12.8. The van der Waals surface area contributed by atoms with Crippen LogP contribution in [0.15, 0.2) is 18.2 Å². The van der Waals surface area contributed by atoms with Crippen LogP contribution in [-0.2, 0) is 6.42 Å². The summed E-state index contributed by atoms with van der Waals surface area (Å²) in [5, 5.41) is 30.9. The fourth-order valence-corrected chi connectivity index (χ4v) is 3.64. The normalized spacial score (nSPS) is 21.1. The molecule has 22 heavy (non-hydrogen) atoms. The third-order valence-electron chi connectivity index (χ3n) is 4.67. The number of aromatic hydroxyl groups is 3. The number of rotatable bonds is 2. The van der Waals surface area contributed by atoms with Gasteiger partial charge in [0.05, 0.1) is 10.9 Å². The topological polar surface area (TPSA) is 77.8 Å². The molecule has 0 heterocycles. The summed E-state index contributed by atoms with van der Waals surface area (Å²) in [4.78, 5) is 12.8. The Labute approximate surface area is 129 Å². The van der Waals surface area contributed by atoms with Crippen molar-refractivity contribution < 1.29 is 20.1 Å². The molecule has 0 fully saturated rings. The molecule has 0 saturated heterocycles. The van der Waals surface area contributed by atoms with Gasteiger partial charge in [-0.3, -0.25) is 4.79 Å². The van der Waals surface area contributed by atoms with Crippen molar-refractivity contribution in [3.8, 4) is 17.2 Å². The van der Waals surface area contributed by atoms with Crippen LogP contribution in [-0.4, -0.2) is 21.1 Å². The second kappa shape index (κ2) is 5.20. The van der Waals surface area contributed by atoms with Crippen molar-refractivity contribution >= 4 is 16.6 Å². The molecule has 0 unspecified atom stereocenters. The Balaban J connectivity index is 2.26. The average Bonchev–Trinajstić information content (AvgIpc) is 2.42. The number of hydrogen-bond donors (Lipinski definition) is 3. The first-order valence-corrected chi connectivity index (χ1v) is 7.68. The molecule has 0 saturated carbocycles. The highest BCUT2D eigenvalue weighted by atomic mass is 16.3. The third kappa shape index (κ3) is 2.10. The molecule has 3 rings (SSSR count). The van der Waals surface area contributed by atoms with Gasteiger partial charge in [-0.15, -0.1) is 0 Å². The molecule has 2 aromatic carbocycles. The van der Waals surface area contributed by atoms with Crippen molar-refractivity contribution in [2.75, 3.05) is 0 Å². The van der Waals surface area contributed by atoms with Crippen molar-refractivity contribution in [2.45, 2.75) is 33.1 Å². The summed E-state index contributed by atoms with van der Waals surface area (Å²) in [6.45, 7) is 4.10. The summed E-state index contributed by atoms with van der Waals surface area (Å²) in [7, 11) is 0. The first kappa shape index (κ1) is 14.7. The molecule has 116 valence electrons. The second-order valence-corrected chi connectivity index (χ2v) is 6.26. The second-order valence-electron chi connectivity index (χ2n) is 6.26. The summed E-state index contributed by atoms with van der Waals surface area (Å²) >= 11 is 0. The molecule has 0 spiro atoms. The number of carbonyl (C=O) groups is 1. The molecule has 4 heteroatoms. The molecule has 0 radical (unpaired) electrons. The molecule has 0 aromatic heterocycles. The lowest BCUT2D eigenvalue weighted by molar-refractivity contribution is 0.0847. The highest BCUT2D eigenvalue weighted by Crippen LogP contribution is 2.44. The van der Waals surface area contributed by atoms with E-state index >= 15 is 0 Å². The van der Waals surface area contributed by atoms with Gasteiger partial charge in [-0.05, 0) is 41.8 Å². The Kier molecular flexibility index (Phi) is 3.47. The summed E-state index contributed by atoms with van der Waals surface area (Å²) < 4.78 is 0. The van der Waals surface area contributed by atoms with Crippen LogP contribution in [0.1, 0.15) is 42.6 Å². The first-order valence-electron chi connectivity index (χ1n) is 7.68. The van der Waals surface area contributed by atoms with E-state index < -0.39 is 0 Å². The van der Waals surface area contributed by atoms with Gasteiger partial charge in [-0.25, -0.2) is 0 Å². The van der Waals surface area contributed by atoms with Gasteiger partial charge in [0.25, 0.3) is 0 Å². The maximum atomic E-state index is 12.8. The van der Waals surface area contributed by atoms with Gasteiger partial charge in [0.2, 0.25) is 0 Å². The van der Waals surface area contributed by atoms with Gasteiger partial charge >= 0.3 is 0 Å². The number of fused-ring (bicyclic) bond motifs is 2. The van der Waals surface area contributed by atoms with Gasteiger partial charge in [-0.1, -0.05) is 20.3 Å². The fraction of sp³-hybridized carbons (Fsp3) is 0.389. The van der Waals surface area contributed by atoms with E-state index in [1.165, 1.54) is 12.1 Å². The molecule has 1 aliphatic rings. The van der Waals surface area contributed by atoms with E-state index in [0.717, 1.165) is 18.4 Å². The van der Waals surface area contributed by atoms with Gasteiger partial charge in [0.15, 0.2) is 5.78 Å². The highest BCUT2D eigenvalue weighted by molar-refractivity contribution is 6.09. The van der Waals surface area contributed by atoms with Gasteiger partial charge in [0.1, 0.15) is 17.2 Å². The van der Waals surface area contributed by atoms with Crippen LogP contribution < -0.4 is 0 Å². The predicted octanol–water partition coefficient (Wildman–Crippen LogP) is 3.75. The number of hydrogen-bond acceptors (Lipinski definition) is 4. The van der Waals surface area contributed by atoms with Gasteiger partial charge < -0.3 is 15.3 Å². The Morgan fingerprint density at radius 3 is 2.59 bits per heavy atom. The Hall–Kier alpha value is -2.23. The lowest BCUT2D eigenvalue weighted by Gasteiger charge is -2.30.